The van der Waals surface area contributed by atoms with Crippen LogP contribution in [0.2, 0.25) is 0 Å². The van der Waals surface area contributed by atoms with Crippen LogP contribution in [0.1, 0.15) is 73.3 Å². The molecule has 2 atom stereocenters. The minimum atomic E-state index is -0.0573. The van der Waals surface area contributed by atoms with E-state index >= 15 is 0 Å². The molecule has 4 fully saturated rings. The molecule has 4 heterocycles. The number of carbonyl (C=O) groups excluding carboxylic acids is 1. The summed E-state index contributed by atoms with van der Waals surface area (Å²) >= 11 is 1.53. The molecule has 4 aromatic rings. The standard InChI is InChI=1S/C33H42N6O2S/c1-23-25(26-5-6-27(42-26)29(40)36-14-24-7-10-38-11-8-35-28(38)13-24)15-37-39(23)22-32-17-30(2)16-31(3,18-32)20-33(19-30,21-32)41-12-9-34-4/h5-8,10-11,13,15,34H,9,12,14,16-22H2,1-4H3,(H,36,40). The van der Waals surface area contributed by atoms with E-state index in [9.17, 15) is 4.79 Å². The lowest BCUT2D eigenvalue weighted by molar-refractivity contribution is -0.247. The molecule has 0 aliphatic heterocycles. The van der Waals surface area contributed by atoms with E-state index in [1.54, 1.807) is 6.20 Å². The van der Waals surface area contributed by atoms with Gasteiger partial charge in [-0.05, 0) is 98.6 Å². The number of hydrogen-bond acceptors (Lipinski definition) is 6. The number of rotatable bonds is 10. The maximum Gasteiger partial charge on any atom is 0.261 e. The van der Waals surface area contributed by atoms with Gasteiger partial charge in [-0.3, -0.25) is 9.48 Å². The molecule has 222 valence electrons. The van der Waals surface area contributed by atoms with Crippen molar-refractivity contribution in [3.8, 4) is 10.4 Å². The van der Waals surface area contributed by atoms with Gasteiger partial charge in [0.25, 0.3) is 5.91 Å². The maximum atomic E-state index is 13.0. The van der Waals surface area contributed by atoms with Crippen LogP contribution in [-0.4, -0.2) is 50.9 Å². The molecule has 9 heteroatoms. The van der Waals surface area contributed by atoms with E-state index in [4.69, 9.17) is 9.84 Å². The normalized spacial score (nSPS) is 29.9. The molecule has 4 aliphatic carbocycles. The summed E-state index contributed by atoms with van der Waals surface area (Å²) in [4.78, 5) is 19.1. The number of nitrogens with one attached hydrogen (secondary N) is 2. The molecule has 4 aliphatic rings. The predicted octanol–water partition coefficient (Wildman–Crippen LogP) is 5.85. The van der Waals surface area contributed by atoms with Gasteiger partial charge in [0.2, 0.25) is 0 Å². The number of fused-ring (bicyclic) bond motifs is 1. The molecule has 4 saturated carbocycles. The topological polar surface area (TPSA) is 85.5 Å². The van der Waals surface area contributed by atoms with Crippen LogP contribution in [0.4, 0.5) is 0 Å². The fourth-order valence-corrected chi connectivity index (χ4v) is 10.6. The van der Waals surface area contributed by atoms with Gasteiger partial charge in [-0.1, -0.05) is 13.8 Å². The predicted molar refractivity (Wildman–Crippen MR) is 166 cm³/mol. The SMILES string of the molecule is CNCCOC12CC3(C)CC(C)(CC(Cn4ncc(-c5ccc(C(=O)NCc6ccn7ccnc7c6)s5)c4C)(C3)C1)C2. The number of thiophene rings is 1. The van der Waals surface area contributed by atoms with Gasteiger partial charge in [0.05, 0.1) is 23.3 Å². The van der Waals surface area contributed by atoms with Crippen LogP contribution in [0.3, 0.4) is 0 Å². The van der Waals surface area contributed by atoms with E-state index in [1.165, 1.54) is 49.1 Å². The van der Waals surface area contributed by atoms with Crippen molar-refractivity contribution in [1.82, 2.24) is 29.8 Å². The lowest BCUT2D eigenvalue weighted by Gasteiger charge is -2.69. The molecule has 42 heavy (non-hydrogen) atoms. The van der Waals surface area contributed by atoms with E-state index in [2.05, 4.69) is 47.1 Å². The third-order valence-corrected chi connectivity index (χ3v) is 11.1. The van der Waals surface area contributed by atoms with Crippen LogP contribution in [0, 0.1) is 23.2 Å². The Morgan fingerprint density at radius 3 is 2.67 bits per heavy atom. The second-order valence-electron chi connectivity index (χ2n) is 14.2. The molecule has 1 amide bonds. The number of carbonyl (C=O) groups is 1. The van der Waals surface area contributed by atoms with E-state index in [-0.39, 0.29) is 16.9 Å². The van der Waals surface area contributed by atoms with Crippen molar-refractivity contribution >= 4 is 22.9 Å². The first kappa shape index (κ1) is 27.8. The van der Waals surface area contributed by atoms with Crippen molar-refractivity contribution in [2.75, 3.05) is 20.2 Å². The molecule has 2 N–H and O–H groups in total. The third kappa shape index (κ3) is 4.99. The summed E-state index contributed by atoms with van der Waals surface area (Å²) in [6.45, 7) is 10.2. The molecule has 0 aromatic carbocycles. The molecular weight excluding hydrogens is 544 g/mol. The zero-order chi connectivity index (χ0) is 29.2. The molecule has 4 bridgehead atoms. The fourth-order valence-electron chi connectivity index (χ4n) is 9.62. The van der Waals surface area contributed by atoms with Gasteiger partial charge in [-0.15, -0.1) is 11.3 Å². The van der Waals surface area contributed by atoms with Crippen molar-refractivity contribution in [2.24, 2.45) is 16.2 Å². The number of aromatic nitrogens is 4. The molecule has 0 spiro atoms. The number of nitrogens with zero attached hydrogens (tertiary/aromatic N) is 4. The second-order valence-corrected chi connectivity index (χ2v) is 15.3. The first-order valence-corrected chi connectivity index (χ1v) is 16.0. The van der Waals surface area contributed by atoms with Crippen molar-refractivity contribution in [1.29, 1.82) is 0 Å². The Hall–Kier alpha value is -3.01. The summed E-state index contributed by atoms with van der Waals surface area (Å²) in [5.41, 5.74) is 5.03. The summed E-state index contributed by atoms with van der Waals surface area (Å²) in [7, 11) is 2.00. The Morgan fingerprint density at radius 2 is 1.88 bits per heavy atom. The van der Waals surface area contributed by atoms with Crippen LogP contribution in [-0.2, 0) is 17.8 Å². The van der Waals surface area contributed by atoms with Crippen molar-refractivity contribution in [2.45, 2.75) is 78.0 Å². The highest BCUT2D eigenvalue weighted by atomic mass is 32.1. The number of pyridine rings is 1. The fraction of sp³-hybridized carbons (Fsp3) is 0.545. The highest BCUT2D eigenvalue weighted by Gasteiger charge is 2.66. The summed E-state index contributed by atoms with van der Waals surface area (Å²) in [6.07, 6.45) is 14.9. The van der Waals surface area contributed by atoms with Crippen LogP contribution in [0.15, 0.2) is 49.1 Å². The zero-order valence-corrected chi connectivity index (χ0v) is 26.0. The van der Waals surface area contributed by atoms with E-state index < -0.39 is 0 Å². The Kier molecular flexibility index (Phi) is 6.64. The van der Waals surface area contributed by atoms with Gasteiger partial charge in [-0.2, -0.15) is 5.10 Å². The van der Waals surface area contributed by atoms with E-state index in [0.29, 0.717) is 22.3 Å². The lowest BCUT2D eigenvalue weighted by atomic mass is 9.39. The van der Waals surface area contributed by atoms with E-state index in [0.717, 1.165) is 47.8 Å². The maximum absolute atomic E-state index is 13.0. The monoisotopic (exact) mass is 586 g/mol. The van der Waals surface area contributed by atoms with Gasteiger partial charge < -0.3 is 19.8 Å². The van der Waals surface area contributed by atoms with Crippen LogP contribution >= 0.6 is 11.3 Å². The highest BCUT2D eigenvalue weighted by Crippen LogP contribution is 2.72. The van der Waals surface area contributed by atoms with Gasteiger partial charge in [-0.25, -0.2) is 4.98 Å². The average molecular weight is 587 g/mol. The number of ether oxygens (including phenoxy) is 1. The highest BCUT2D eigenvalue weighted by molar-refractivity contribution is 7.17. The summed E-state index contributed by atoms with van der Waals surface area (Å²) in [5.74, 6) is -0.0573. The Morgan fingerprint density at radius 1 is 1.07 bits per heavy atom. The summed E-state index contributed by atoms with van der Waals surface area (Å²) < 4.78 is 10.9. The molecule has 2 unspecified atom stereocenters. The van der Waals surface area contributed by atoms with Crippen LogP contribution in [0.5, 0.6) is 0 Å². The number of likely N-dealkylation sites (N-methyl/N-ethyl adjacent to an activating group) is 1. The minimum Gasteiger partial charge on any atom is -0.374 e. The van der Waals surface area contributed by atoms with Crippen LogP contribution < -0.4 is 10.6 Å². The number of amides is 1. The number of imidazole rings is 1. The minimum absolute atomic E-state index is 0.0146. The number of hydrogen-bond donors (Lipinski definition) is 2. The molecule has 0 radical (unpaired) electrons. The second kappa shape index (κ2) is 10.0. The van der Waals surface area contributed by atoms with Gasteiger partial charge in [0, 0.05) is 54.4 Å². The van der Waals surface area contributed by atoms with Crippen LogP contribution in [0.25, 0.3) is 16.1 Å². The molecule has 8 rings (SSSR count). The molecule has 8 nitrogen and oxygen atoms in total. The van der Waals surface area contributed by atoms with Crippen molar-refractivity contribution in [3.05, 3.63) is 65.2 Å². The Balaban J connectivity index is 1.06. The average Bonchev–Trinajstić information content (AvgIpc) is 3.65. The first-order valence-electron chi connectivity index (χ1n) is 15.2. The first-order chi connectivity index (χ1) is 20.1. The largest absolute Gasteiger partial charge is 0.374 e. The summed E-state index contributed by atoms with van der Waals surface area (Å²) in [6, 6.07) is 7.99. The Bertz CT molecular complexity index is 1620. The summed E-state index contributed by atoms with van der Waals surface area (Å²) in [5, 5.41) is 11.3. The Labute approximate surface area is 251 Å². The molecular formula is C33H42N6O2S. The van der Waals surface area contributed by atoms with Crippen molar-refractivity contribution in [3.63, 3.8) is 0 Å². The van der Waals surface area contributed by atoms with Crippen molar-refractivity contribution < 1.29 is 9.53 Å². The third-order valence-electron chi connectivity index (χ3n) is 10.0. The molecule has 0 saturated heterocycles. The van der Waals surface area contributed by atoms with Gasteiger partial charge in [0.1, 0.15) is 5.65 Å². The van der Waals surface area contributed by atoms with Gasteiger partial charge >= 0.3 is 0 Å². The van der Waals surface area contributed by atoms with Gasteiger partial charge in [0.15, 0.2) is 0 Å². The molecule has 4 aromatic heterocycles. The quantitative estimate of drug-likeness (QED) is 0.228. The smallest absolute Gasteiger partial charge is 0.261 e. The lowest BCUT2D eigenvalue weighted by Crippen LogP contribution is -2.64. The van der Waals surface area contributed by atoms with E-state index in [1.807, 2.05) is 48.2 Å². The zero-order valence-electron chi connectivity index (χ0n) is 25.2.